The number of hydrogen-bond donors (Lipinski definition) is 1. The van der Waals surface area contributed by atoms with E-state index in [9.17, 15) is 4.79 Å². The van der Waals surface area contributed by atoms with Crippen molar-refractivity contribution in [3.05, 3.63) is 18.0 Å². The van der Waals surface area contributed by atoms with Crippen LogP contribution in [0.25, 0.3) is 0 Å². The Balaban J connectivity index is 1.47. The van der Waals surface area contributed by atoms with E-state index in [1.807, 2.05) is 4.68 Å². The van der Waals surface area contributed by atoms with Gasteiger partial charge >= 0.3 is 0 Å². The lowest BCUT2D eigenvalue weighted by atomic mass is 10.1. The van der Waals surface area contributed by atoms with Gasteiger partial charge in [-0.2, -0.15) is 5.10 Å². The monoisotopic (exact) mass is 291 g/mol. The quantitative estimate of drug-likeness (QED) is 0.868. The van der Waals surface area contributed by atoms with E-state index < -0.39 is 5.91 Å². The van der Waals surface area contributed by atoms with Gasteiger partial charge in [0.05, 0.1) is 17.8 Å². The van der Waals surface area contributed by atoms with Gasteiger partial charge in [-0.25, -0.2) is 0 Å². The van der Waals surface area contributed by atoms with Crippen LogP contribution in [0.2, 0.25) is 0 Å². The van der Waals surface area contributed by atoms with Gasteiger partial charge in [0, 0.05) is 32.4 Å². The van der Waals surface area contributed by atoms with Crippen molar-refractivity contribution in [2.75, 3.05) is 39.3 Å². The highest BCUT2D eigenvalue weighted by Gasteiger charge is 2.25. The third-order valence-corrected chi connectivity index (χ3v) is 4.69. The van der Waals surface area contributed by atoms with Gasteiger partial charge in [-0.3, -0.25) is 14.4 Å². The molecular formula is C15H25N5O. The topological polar surface area (TPSA) is 67.4 Å². The highest BCUT2D eigenvalue weighted by molar-refractivity contribution is 5.92. The predicted octanol–water partition coefficient (Wildman–Crippen LogP) is 0.715. The second-order valence-electron chi connectivity index (χ2n) is 6.22. The normalized spacial score (nSPS) is 24.5. The molecule has 1 atom stereocenters. The molecule has 3 rings (SSSR count). The Bertz CT molecular complexity index is 480. The molecule has 0 bridgehead atoms. The molecular weight excluding hydrogens is 266 g/mol. The highest BCUT2D eigenvalue weighted by Crippen LogP contribution is 2.21. The molecule has 2 N–H and O–H groups in total. The zero-order chi connectivity index (χ0) is 14.7. The Morgan fingerprint density at radius 3 is 2.67 bits per heavy atom. The van der Waals surface area contributed by atoms with E-state index in [0.717, 1.165) is 26.1 Å². The molecule has 2 aliphatic heterocycles. The molecule has 2 fully saturated rings. The first-order valence-corrected chi connectivity index (χ1v) is 8.01. The first-order valence-electron chi connectivity index (χ1n) is 8.01. The predicted molar refractivity (Wildman–Crippen MR) is 81.1 cm³/mol. The maximum absolute atomic E-state index is 11.1. The molecule has 0 saturated carbocycles. The maximum Gasteiger partial charge on any atom is 0.251 e. The molecule has 0 spiro atoms. The molecule has 21 heavy (non-hydrogen) atoms. The number of likely N-dealkylation sites (tertiary alicyclic amines) is 2. The SMILES string of the molecule is NC(=O)c1cnn(C2CCN(CCN3CCCCC3)C2)c1. The summed E-state index contributed by atoms with van der Waals surface area (Å²) in [5, 5.41) is 4.28. The van der Waals surface area contributed by atoms with Crippen LogP contribution in [0.4, 0.5) is 0 Å². The Kier molecular flexibility index (Phi) is 4.55. The molecule has 6 heteroatoms. The number of rotatable bonds is 5. The zero-order valence-corrected chi connectivity index (χ0v) is 12.6. The molecule has 1 amide bonds. The van der Waals surface area contributed by atoms with Crippen LogP contribution < -0.4 is 5.73 Å². The number of amides is 1. The molecule has 1 unspecified atom stereocenters. The first-order chi connectivity index (χ1) is 10.2. The van der Waals surface area contributed by atoms with Crippen molar-refractivity contribution in [2.24, 2.45) is 5.73 Å². The van der Waals surface area contributed by atoms with Gasteiger partial charge in [-0.05, 0) is 32.4 Å². The van der Waals surface area contributed by atoms with Crippen LogP contribution in [0.15, 0.2) is 12.4 Å². The first kappa shape index (κ1) is 14.5. The summed E-state index contributed by atoms with van der Waals surface area (Å²) in [6.45, 7) is 6.98. The highest BCUT2D eigenvalue weighted by atomic mass is 16.1. The molecule has 116 valence electrons. The van der Waals surface area contributed by atoms with E-state index in [0.29, 0.717) is 11.6 Å². The van der Waals surface area contributed by atoms with Crippen molar-refractivity contribution in [1.29, 1.82) is 0 Å². The molecule has 2 aliphatic rings. The Morgan fingerprint density at radius 2 is 1.95 bits per heavy atom. The number of carbonyl (C=O) groups excluding carboxylic acids is 1. The van der Waals surface area contributed by atoms with E-state index in [1.54, 1.807) is 12.4 Å². The minimum Gasteiger partial charge on any atom is -0.366 e. The Morgan fingerprint density at radius 1 is 1.19 bits per heavy atom. The summed E-state index contributed by atoms with van der Waals surface area (Å²) in [6, 6.07) is 0.374. The minimum absolute atomic E-state index is 0.374. The van der Waals surface area contributed by atoms with Gasteiger partial charge in [0.1, 0.15) is 0 Å². The number of carbonyl (C=O) groups is 1. The minimum atomic E-state index is -0.402. The largest absolute Gasteiger partial charge is 0.366 e. The zero-order valence-electron chi connectivity index (χ0n) is 12.6. The van der Waals surface area contributed by atoms with Crippen LogP contribution in [0, 0.1) is 0 Å². The van der Waals surface area contributed by atoms with Crippen LogP contribution >= 0.6 is 0 Å². The number of primary amides is 1. The average Bonchev–Trinajstić information content (AvgIpc) is 3.15. The lowest BCUT2D eigenvalue weighted by molar-refractivity contribution is 0.1000. The second-order valence-corrected chi connectivity index (χ2v) is 6.22. The molecule has 2 saturated heterocycles. The van der Waals surface area contributed by atoms with Crippen LogP contribution in [-0.4, -0.2) is 64.8 Å². The van der Waals surface area contributed by atoms with E-state index in [1.165, 1.54) is 38.9 Å². The average molecular weight is 291 g/mol. The standard InChI is InChI=1S/C15H25N5O/c16-15(21)13-10-17-20(11-13)14-4-7-19(12-14)9-8-18-5-2-1-3-6-18/h10-11,14H,1-9,12H2,(H2,16,21). The van der Waals surface area contributed by atoms with Gasteiger partial charge < -0.3 is 10.6 Å². The summed E-state index contributed by atoms with van der Waals surface area (Å²) in [4.78, 5) is 16.2. The van der Waals surface area contributed by atoms with E-state index in [4.69, 9.17) is 5.73 Å². The lowest BCUT2D eigenvalue weighted by Crippen LogP contribution is -2.37. The van der Waals surface area contributed by atoms with Crippen molar-refractivity contribution >= 4 is 5.91 Å². The van der Waals surface area contributed by atoms with Crippen molar-refractivity contribution in [3.63, 3.8) is 0 Å². The molecule has 0 aliphatic carbocycles. The molecule has 1 aromatic rings. The van der Waals surface area contributed by atoms with Gasteiger partial charge in [0.2, 0.25) is 0 Å². The van der Waals surface area contributed by atoms with Crippen LogP contribution in [0.3, 0.4) is 0 Å². The van der Waals surface area contributed by atoms with Crippen molar-refractivity contribution < 1.29 is 4.79 Å². The van der Waals surface area contributed by atoms with E-state index in [-0.39, 0.29) is 0 Å². The summed E-state index contributed by atoms with van der Waals surface area (Å²) < 4.78 is 1.90. The summed E-state index contributed by atoms with van der Waals surface area (Å²) in [5.41, 5.74) is 5.78. The van der Waals surface area contributed by atoms with Gasteiger partial charge in [-0.15, -0.1) is 0 Å². The summed E-state index contributed by atoms with van der Waals surface area (Å²) >= 11 is 0. The third kappa shape index (κ3) is 3.63. The van der Waals surface area contributed by atoms with Crippen molar-refractivity contribution in [1.82, 2.24) is 19.6 Å². The van der Waals surface area contributed by atoms with Gasteiger partial charge in [0.25, 0.3) is 5.91 Å². The number of aromatic nitrogens is 2. The summed E-state index contributed by atoms with van der Waals surface area (Å²) in [6.07, 6.45) is 8.54. The number of piperidine rings is 1. The van der Waals surface area contributed by atoms with Gasteiger partial charge in [-0.1, -0.05) is 6.42 Å². The third-order valence-electron chi connectivity index (χ3n) is 4.69. The number of hydrogen-bond acceptors (Lipinski definition) is 4. The maximum atomic E-state index is 11.1. The molecule has 0 radical (unpaired) electrons. The van der Waals surface area contributed by atoms with Crippen molar-refractivity contribution in [2.45, 2.75) is 31.7 Å². The fraction of sp³-hybridized carbons (Fsp3) is 0.733. The summed E-state index contributed by atoms with van der Waals surface area (Å²) in [5.74, 6) is -0.402. The number of nitrogens with two attached hydrogens (primary N) is 1. The lowest BCUT2D eigenvalue weighted by Gasteiger charge is -2.28. The molecule has 1 aromatic heterocycles. The fourth-order valence-electron chi connectivity index (χ4n) is 3.36. The molecule has 3 heterocycles. The van der Waals surface area contributed by atoms with Crippen LogP contribution in [0.5, 0.6) is 0 Å². The Labute approximate surface area is 125 Å². The Hall–Kier alpha value is -1.40. The molecule has 0 aromatic carbocycles. The van der Waals surface area contributed by atoms with Crippen molar-refractivity contribution in [3.8, 4) is 0 Å². The van der Waals surface area contributed by atoms with E-state index >= 15 is 0 Å². The van der Waals surface area contributed by atoms with Crippen LogP contribution in [-0.2, 0) is 0 Å². The van der Waals surface area contributed by atoms with Crippen LogP contribution in [0.1, 0.15) is 42.1 Å². The second kappa shape index (κ2) is 6.58. The number of nitrogens with zero attached hydrogens (tertiary/aromatic N) is 4. The van der Waals surface area contributed by atoms with Gasteiger partial charge in [0.15, 0.2) is 0 Å². The molecule has 6 nitrogen and oxygen atoms in total. The van der Waals surface area contributed by atoms with E-state index in [2.05, 4.69) is 14.9 Å². The smallest absolute Gasteiger partial charge is 0.251 e. The fourth-order valence-corrected chi connectivity index (χ4v) is 3.36. The summed E-state index contributed by atoms with van der Waals surface area (Å²) in [7, 11) is 0.